The second-order valence-corrected chi connectivity index (χ2v) is 13.0. The Kier molecular flexibility index (Phi) is 5.54. The van der Waals surface area contributed by atoms with Gasteiger partial charge in [-0.1, -0.05) is 6.92 Å². The zero-order chi connectivity index (χ0) is 26.3. The molecule has 6 aliphatic rings. The van der Waals surface area contributed by atoms with Crippen LogP contribution in [-0.2, 0) is 38.8 Å². The molecule has 10 nitrogen and oxygen atoms in total. The number of hydrogen-bond donors (Lipinski definition) is 1. The lowest BCUT2D eigenvalue weighted by molar-refractivity contribution is -0.226. The van der Waals surface area contributed by atoms with Crippen molar-refractivity contribution in [2.24, 2.45) is 46.8 Å². The highest BCUT2D eigenvalue weighted by atomic mass is 32.2. The normalized spacial score (nSPS) is 39.8. The predicted octanol–water partition coefficient (Wildman–Crippen LogP) is 2.55. The van der Waals surface area contributed by atoms with Crippen molar-refractivity contribution in [1.82, 2.24) is 0 Å². The molecule has 5 saturated carbocycles. The fourth-order valence-electron chi connectivity index (χ4n) is 7.81. The Morgan fingerprint density at radius 3 is 2.30 bits per heavy atom. The monoisotopic (exact) mass is 532 g/mol. The summed E-state index contributed by atoms with van der Waals surface area (Å²) in [5.41, 5.74) is -0.747. The quantitative estimate of drug-likeness (QED) is 0.340. The molecule has 6 fully saturated rings. The van der Waals surface area contributed by atoms with Crippen LogP contribution in [0.2, 0.25) is 0 Å². The molecule has 7 rings (SSSR count). The van der Waals surface area contributed by atoms with E-state index in [0.717, 1.165) is 25.0 Å². The lowest BCUT2D eigenvalue weighted by Crippen LogP contribution is -2.56. The molecule has 7 atom stereocenters. The van der Waals surface area contributed by atoms with Crippen molar-refractivity contribution in [3.8, 4) is 5.75 Å². The second kappa shape index (κ2) is 8.36. The molecule has 7 unspecified atom stereocenters. The molecule has 6 bridgehead atoms. The van der Waals surface area contributed by atoms with Crippen molar-refractivity contribution < 1.29 is 46.4 Å². The van der Waals surface area contributed by atoms with Gasteiger partial charge >= 0.3 is 17.9 Å². The van der Waals surface area contributed by atoms with E-state index in [1.807, 2.05) is 6.92 Å². The number of rotatable bonds is 5. The van der Waals surface area contributed by atoms with E-state index in [-0.39, 0.29) is 34.2 Å². The van der Waals surface area contributed by atoms with Crippen molar-refractivity contribution in [2.45, 2.75) is 56.6 Å². The maximum atomic E-state index is 13.5. The van der Waals surface area contributed by atoms with Crippen LogP contribution in [0, 0.1) is 46.8 Å². The first-order valence-electron chi connectivity index (χ1n) is 12.7. The van der Waals surface area contributed by atoms with Crippen LogP contribution in [0.5, 0.6) is 5.75 Å². The van der Waals surface area contributed by atoms with Crippen LogP contribution >= 0.6 is 0 Å². The van der Waals surface area contributed by atoms with Crippen LogP contribution < -0.4 is 4.74 Å². The summed E-state index contributed by atoms with van der Waals surface area (Å²) < 4.78 is 48.5. The van der Waals surface area contributed by atoms with E-state index in [9.17, 15) is 27.6 Å². The first-order chi connectivity index (χ1) is 17.4. The fraction of sp³-hybridized carbons (Fsp3) is 0.615. The Hall–Kier alpha value is -2.79. The molecule has 1 N–H and O–H groups in total. The molecule has 0 radical (unpaired) electrons. The van der Waals surface area contributed by atoms with Gasteiger partial charge < -0.3 is 14.2 Å². The van der Waals surface area contributed by atoms with Gasteiger partial charge in [-0.05, 0) is 74.6 Å². The maximum Gasteiger partial charge on any atom is 0.315 e. The molecule has 1 saturated heterocycles. The molecular formula is C26H28O10S. The highest BCUT2D eigenvalue weighted by Gasteiger charge is 2.62. The molecule has 11 heteroatoms. The third-order valence-electron chi connectivity index (χ3n) is 9.22. The molecular weight excluding hydrogens is 504 g/mol. The van der Waals surface area contributed by atoms with Crippen LogP contribution in [0.1, 0.15) is 45.4 Å². The van der Waals surface area contributed by atoms with Crippen molar-refractivity contribution in [3.63, 3.8) is 0 Å². The van der Waals surface area contributed by atoms with E-state index in [4.69, 9.17) is 18.8 Å². The van der Waals surface area contributed by atoms with Crippen molar-refractivity contribution in [3.05, 3.63) is 24.3 Å². The standard InChI is InChI=1S/C26H28O10S/c1-12-6-18-20(23(29)34-16-2-4-17(5-3-16)37(31,32)33)19(12)22(28)35-24(18)36-25(30)26-9-13-7-14(10-26)21(27)15(8-13)11-26/h2-5,12-15,18-20,24H,6-11H2,1H3,(H,31,32,33). The first-order valence-corrected chi connectivity index (χ1v) is 14.1. The molecule has 1 aromatic rings. The number of ketones is 1. The van der Waals surface area contributed by atoms with Crippen LogP contribution in [0.15, 0.2) is 29.2 Å². The number of benzene rings is 1. The average molecular weight is 533 g/mol. The molecule has 0 aromatic heterocycles. The van der Waals surface area contributed by atoms with Gasteiger partial charge in [0.1, 0.15) is 11.5 Å². The van der Waals surface area contributed by atoms with E-state index >= 15 is 0 Å². The van der Waals surface area contributed by atoms with Crippen LogP contribution in [0.4, 0.5) is 0 Å². The summed E-state index contributed by atoms with van der Waals surface area (Å²) in [7, 11) is -4.40. The third-order valence-corrected chi connectivity index (χ3v) is 10.1. The van der Waals surface area contributed by atoms with Gasteiger partial charge in [-0.25, -0.2) is 0 Å². The molecule has 0 amide bonds. The fourth-order valence-corrected chi connectivity index (χ4v) is 8.29. The summed E-state index contributed by atoms with van der Waals surface area (Å²) in [5, 5.41) is 0. The number of cyclic esters (lactones) is 1. The summed E-state index contributed by atoms with van der Waals surface area (Å²) in [4.78, 5) is 51.8. The summed E-state index contributed by atoms with van der Waals surface area (Å²) in [6.45, 7) is 1.84. The van der Waals surface area contributed by atoms with E-state index in [1.165, 1.54) is 12.1 Å². The smallest absolute Gasteiger partial charge is 0.315 e. The lowest BCUT2D eigenvalue weighted by Gasteiger charge is -2.54. The first kappa shape index (κ1) is 24.5. The highest BCUT2D eigenvalue weighted by Crippen LogP contribution is 2.59. The third kappa shape index (κ3) is 3.98. The Labute approximate surface area is 213 Å². The zero-order valence-corrected chi connectivity index (χ0v) is 21.0. The largest absolute Gasteiger partial charge is 0.426 e. The van der Waals surface area contributed by atoms with Crippen molar-refractivity contribution >= 4 is 33.8 Å². The van der Waals surface area contributed by atoms with Crippen LogP contribution in [0.3, 0.4) is 0 Å². The summed E-state index contributed by atoms with van der Waals surface area (Å²) in [6, 6.07) is 4.68. The van der Waals surface area contributed by atoms with Crippen molar-refractivity contribution in [1.29, 1.82) is 0 Å². The lowest BCUT2D eigenvalue weighted by atomic mass is 9.49. The second-order valence-electron chi connectivity index (χ2n) is 11.5. The molecule has 198 valence electrons. The topological polar surface area (TPSA) is 150 Å². The van der Waals surface area contributed by atoms with E-state index in [0.29, 0.717) is 31.6 Å². The average Bonchev–Trinajstić information content (AvgIpc) is 3.12. The number of ether oxygens (including phenoxy) is 3. The molecule has 1 aliphatic heterocycles. The Balaban J connectivity index is 1.20. The maximum absolute atomic E-state index is 13.5. The van der Waals surface area contributed by atoms with Gasteiger partial charge in [-0.15, -0.1) is 0 Å². The summed E-state index contributed by atoms with van der Waals surface area (Å²) >= 11 is 0. The number of Topliss-reactive ketones (excluding diaryl/α,β-unsaturated/α-hetero) is 1. The van der Waals surface area contributed by atoms with Crippen LogP contribution in [-0.4, -0.2) is 43.0 Å². The number of carbonyl (C=O) groups excluding carboxylic acids is 4. The highest BCUT2D eigenvalue weighted by molar-refractivity contribution is 7.85. The van der Waals surface area contributed by atoms with E-state index in [2.05, 4.69) is 0 Å². The summed E-state index contributed by atoms with van der Waals surface area (Å²) in [6.07, 6.45) is 2.45. The summed E-state index contributed by atoms with van der Waals surface area (Å²) in [5.74, 6) is -3.80. The number of fused-ring (bicyclic) bond motifs is 2. The van der Waals surface area contributed by atoms with Gasteiger partial charge in [-0.2, -0.15) is 8.42 Å². The van der Waals surface area contributed by atoms with Crippen LogP contribution in [0.25, 0.3) is 0 Å². The molecule has 0 spiro atoms. The van der Waals surface area contributed by atoms with Gasteiger partial charge in [0.2, 0.25) is 0 Å². The van der Waals surface area contributed by atoms with Crippen molar-refractivity contribution in [2.75, 3.05) is 0 Å². The zero-order valence-electron chi connectivity index (χ0n) is 20.2. The Morgan fingerprint density at radius 1 is 1.03 bits per heavy atom. The molecule has 37 heavy (non-hydrogen) atoms. The number of carbonyl (C=O) groups is 4. The minimum Gasteiger partial charge on any atom is -0.426 e. The Bertz CT molecular complexity index is 1270. The van der Waals surface area contributed by atoms with Gasteiger partial charge in [0, 0.05) is 17.8 Å². The number of hydrogen-bond acceptors (Lipinski definition) is 9. The van der Waals surface area contributed by atoms with Gasteiger partial charge in [0.25, 0.3) is 16.4 Å². The SMILES string of the molecule is CC1CC2C(OC(=O)C34CC5CC(C3)C(=O)C(C5)C4)OC(=O)C1C2C(=O)Oc1ccc(S(=O)(=O)O)cc1. The van der Waals surface area contributed by atoms with E-state index < -0.39 is 57.5 Å². The predicted molar refractivity (Wildman–Crippen MR) is 123 cm³/mol. The minimum absolute atomic E-state index is 0.0511. The molecule has 5 aliphatic carbocycles. The number of esters is 3. The van der Waals surface area contributed by atoms with Gasteiger partial charge in [0.05, 0.1) is 22.1 Å². The minimum atomic E-state index is -4.40. The molecule has 1 aromatic carbocycles. The van der Waals surface area contributed by atoms with E-state index in [1.54, 1.807) is 0 Å². The molecule has 1 heterocycles. The van der Waals surface area contributed by atoms with Gasteiger partial charge in [0.15, 0.2) is 0 Å². The Morgan fingerprint density at radius 2 is 1.68 bits per heavy atom. The van der Waals surface area contributed by atoms with Gasteiger partial charge in [-0.3, -0.25) is 23.7 Å².